The number of fused-ring (bicyclic) bond motifs is 1. The van der Waals surface area contributed by atoms with Crippen molar-refractivity contribution in [3.63, 3.8) is 0 Å². The summed E-state index contributed by atoms with van der Waals surface area (Å²) in [4.78, 5) is 26.7. The number of aryl methyl sites for hydroxylation is 2. The smallest absolute Gasteiger partial charge is 0.251 e. The van der Waals surface area contributed by atoms with E-state index < -0.39 is 0 Å². The van der Waals surface area contributed by atoms with Gasteiger partial charge < -0.3 is 9.88 Å². The van der Waals surface area contributed by atoms with Gasteiger partial charge >= 0.3 is 0 Å². The molecule has 0 spiro atoms. The van der Waals surface area contributed by atoms with Crippen molar-refractivity contribution in [2.75, 3.05) is 13.1 Å². The number of amides is 1. The predicted molar refractivity (Wildman–Crippen MR) is 96.5 cm³/mol. The molecule has 0 saturated carbocycles. The molecule has 0 bridgehead atoms. The Kier molecular flexibility index (Phi) is 3.45. The number of carbonyl (C=O) groups is 1. The summed E-state index contributed by atoms with van der Waals surface area (Å²) in [6, 6.07) is 8.53. The number of aromatic nitrogens is 1. The van der Waals surface area contributed by atoms with Crippen LogP contribution in [0.1, 0.15) is 30.4 Å². The van der Waals surface area contributed by atoms with Crippen LogP contribution in [0.5, 0.6) is 0 Å². The average molecular weight is 337 g/mol. The zero-order valence-corrected chi connectivity index (χ0v) is 14.3. The van der Waals surface area contributed by atoms with E-state index in [2.05, 4.69) is 28.4 Å². The van der Waals surface area contributed by atoms with Gasteiger partial charge in [0.1, 0.15) is 0 Å². The van der Waals surface area contributed by atoms with Crippen molar-refractivity contribution in [2.24, 2.45) is 5.92 Å². The second kappa shape index (κ2) is 5.70. The summed E-state index contributed by atoms with van der Waals surface area (Å²) in [5, 5.41) is 4.33. The maximum absolute atomic E-state index is 12.6. The highest BCUT2D eigenvalue weighted by Gasteiger charge is 2.36. The summed E-state index contributed by atoms with van der Waals surface area (Å²) in [6.07, 6.45) is 3.84. The number of para-hydroxylation sites is 1. The molecule has 0 unspecified atom stereocenters. The molecule has 0 aliphatic carbocycles. The van der Waals surface area contributed by atoms with E-state index in [0.29, 0.717) is 12.3 Å². The lowest BCUT2D eigenvalue weighted by Gasteiger charge is -2.34. The van der Waals surface area contributed by atoms with E-state index in [1.54, 1.807) is 0 Å². The highest BCUT2D eigenvalue weighted by Crippen LogP contribution is 2.29. The van der Waals surface area contributed by atoms with E-state index in [9.17, 15) is 9.59 Å². The van der Waals surface area contributed by atoms with Crippen LogP contribution in [0.2, 0.25) is 0 Å². The van der Waals surface area contributed by atoms with Crippen molar-refractivity contribution in [3.05, 3.63) is 45.7 Å². The maximum atomic E-state index is 12.6. The normalized spacial score (nSPS) is 25.8. The van der Waals surface area contributed by atoms with Gasteiger partial charge in [-0.3, -0.25) is 14.5 Å². The first-order valence-electron chi connectivity index (χ1n) is 9.35. The molecule has 2 saturated heterocycles. The zero-order chi connectivity index (χ0) is 17.0. The zero-order valence-electron chi connectivity index (χ0n) is 14.3. The van der Waals surface area contributed by atoms with Crippen molar-refractivity contribution in [1.29, 1.82) is 0 Å². The summed E-state index contributed by atoms with van der Waals surface area (Å²) < 4.78 is 1.95. The molecule has 25 heavy (non-hydrogen) atoms. The summed E-state index contributed by atoms with van der Waals surface area (Å²) in [5.41, 5.74) is 3.69. The third-order valence-electron chi connectivity index (χ3n) is 6.15. The molecule has 1 amide bonds. The number of carbonyl (C=O) groups excluding carboxylic acids is 1. The molecule has 1 N–H and O–H groups in total. The first kappa shape index (κ1) is 15.1. The molecule has 5 heteroatoms. The van der Waals surface area contributed by atoms with Gasteiger partial charge in [0.2, 0.25) is 5.91 Å². The van der Waals surface area contributed by atoms with Crippen LogP contribution < -0.4 is 10.9 Å². The lowest BCUT2D eigenvalue weighted by atomic mass is 9.92. The number of hydrogen-bond donors (Lipinski definition) is 1. The van der Waals surface area contributed by atoms with Gasteiger partial charge in [-0.15, -0.1) is 0 Å². The molecule has 2 atom stereocenters. The van der Waals surface area contributed by atoms with Crippen LogP contribution in [0, 0.1) is 5.92 Å². The molecule has 1 aromatic heterocycles. The molecule has 130 valence electrons. The van der Waals surface area contributed by atoms with E-state index in [0.717, 1.165) is 56.5 Å². The Labute approximate surface area is 146 Å². The van der Waals surface area contributed by atoms with Gasteiger partial charge in [0, 0.05) is 43.5 Å². The molecule has 2 fully saturated rings. The van der Waals surface area contributed by atoms with Crippen LogP contribution in [0.15, 0.2) is 29.1 Å². The summed E-state index contributed by atoms with van der Waals surface area (Å²) in [6.45, 7) is 3.50. The van der Waals surface area contributed by atoms with Crippen molar-refractivity contribution in [1.82, 2.24) is 14.8 Å². The first-order valence-corrected chi connectivity index (χ1v) is 9.35. The summed E-state index contributed by atoms with van der Waals surface area (Å²) in [7, 11) is 0. The van der Waals surface area contributed by atoms with Crippen molar-refractivity contribution < 1.29 is 4.79 Å². The maximum Gasteiger partial charge on any atom is 0.251 e. The molecule has 1 aromatic carbocycles. The van der Waals surface area contributed by atoms with Crippen LogP contribution in [-0.2, 0) is 24.3 Å². The van der Waals surface area contributed by atoms with Crippen LogP contribution in [0.3, 0.4) is 0 Å². The minimum absolute atomic E-state index is 0.124. The second-order valence-corrected chi connectivity index (χ2v) is 7.74. The quantitative estimate of drug-likeness (QED) is 0.907. The monoisotopic (exact) mass is 337 g/mol. The molecule has 3 aliphatic heterocycles. The van der Waals surface area contributed by atoms with Gasteiger partial charge in [-0.1, -0.05) is 18.2 Å². The van der Waals surface area contributed by atoms with Crippen LogP contribution in [0.25, 0.3) is 10.9 Å². The third kappa shape index (κ3) is 2.49. The Morgan fingerprint density at radius 1 is 1.20 bits per heavy atom. The largest absolute Gasteiger partial charge is 0.352 e. The summed E-state index contributed by atoms with van der Waals surface area (Å²) in [5.74, 6) is 0.683. The standard InChI is InChI=1S/C20H23N3O2/c24-18-9-14-6-8-22(12-17(14)21-18)11-15-10-19(25)23-7-2-4-13-3-1-5-16(15)20(13)23/h1,3,5,10,14,17H,2,4,6-9,11-12H2,(H,21,24)/t14-,17-/m1/s1. The molecule has 4 heterocycles. The average Bonchev–Trinajstić information content (AvgIpc) is 2.98. The van der Waals surface area contributed by atoms with E-state index in [1.807, 2.05) is 10.6 Å². The highest BCUT2D eigenvalue weighted by atomic mass is 16.2. The molecule has 3 aliphatic rings. The SMILES string of the molecule is O=C1C[C@H]2CCN(Cc3cc(=O)n4c5c(cccc35)CCC4)C[C@H]2N1. The van der Waals surface area contributed by atoms with Crippen LogP contribution >= 0.6 is 0 Å². The van der Waals surface area contributed by atoms with Gasteiger partial charge in [-0.05, 0) is 42.9 Å². The molecular weight excluding hydrogens is 314 g/mol. The minimum Gasteiger partial charge on any atom is -0.352 e. The van der Waals surface area contributed by atoms with Gasteiger partial charge in [-0.2, -0.15) is 0 Å². The number of benzene rings is 1. The van der Waals surface area contributed by atoms with E-state index in [4.69, 9.17) is 0 Å². The van der Waals surface area contributed by atoms with Crippen LogP contribution in [0.4, 0.5) is 0 Å². The number of likely N-dealkylation sites (tertiary alicyclic amines) is 1. The number of nitrogens with one attached hydrogen (secondary N) is 1. The van der Waals surface area contributed by atoms with Gasteiger partial charge in [-0.25, -0.2) is 0 Å². The lowest BCUT2D eigenvalue weighted by molar-refractivity contribution is -0.119. The number of nitrogens with zero attached hydrogens (tertiary/aromatic N) is 2. The van der Waals surface area contributed by atoms with E-state index in [1.165, 1.54) is 10.9 Å². The fourth-order valence-electron chi connectivity index (χ4n) is 4.93. The Bertz CT molecular complexity index is 917. The van der Waals surface area contributed by atoms with Crippen LogP contribution in [-0.4, -0.2) is 34.5 Å². The topological polar surface area (TPSA) is 54.3 Å². The lowest BCUT2D eigenvalue weighted by Crippen LogP contribution is -2.46. The van der Waals surface area contributed by atoms with Gasteiger partial charge in [0.15, 0.2) is 0 Å². The van der Waals surface area contributed by atoms with E-state index >= 15 is 0 Å². The molecule has 2 aromatic rings. The van der Waals surface area contributed by atoms with Crippen molar-refractivity contribution >= 4 is 16.8 Å². The molecule has 0 radical (unpaired) electrons. The number of rotatable bonds is 2. The van der Waals surface area contributed by atoms with Gasteiger partial charge in [0.25, 0.3) is 5.56 Å². The Morgan fingerprint density at radius 3 is 3.04 bits per heavy atom. The Morgan fingerprint density at radius 2 is 2.12 bits per heavy atom. The Balaban J connectivity index is 1.49. The fourth-order valence-corrected chi connectivity index (χ4v) is 4.93. The van der Waals surface area contributed by atoms with E-state index in [-0.39, 0.29) is 17.5 Å². The number of pyridine rings is 1. The first-order chi connectivity index (χ1) is 12.2. The summed E-state index contributed by atoms with van der Waals surface area (Å²) >= 11 is 0. The third-order valence-corrected chi connectivity index (χ3v) is 6.15. The number of hydrogen-bond acceptors (Lipinski definition) is 3. The van der Waals surface area contributed by atoms with Gasteiger partial charge in [0.05, 0.1) is 5.52 Å². The van der Waals surface area contributed by atoms with Crippen molar-refractivity contribution in [3.8, 4) is 0 Å². The fraction of sp³-hybridized carbons (Fsp3) is 0.500. The Hall–Kier alpha value is -2.14. The number of piperidine rings is 1. The molecule has 5 nitrogen and oxygen atoms in total. The molecule has 5 rings (SSSR count). The second-order valence-electron chi connectivity index (χ2n) is 7.74. The van der Waals surface area contributed by atoms with Crippen molar-refractivity contribution in [2.45, 2.75) is 44.8 Å². The minimum atomic E-state index is 0.124. The predicted octanol–water partition coefficient (Wildman–Crippen LogP) is 1.66. The highest BCUT2D eigenvalue weighted by molar-refractivity contribution is 5.86. The molecular formula is C20H23N3O2.